The van der Waals surface area contributed by atoms with E-state index < -0.39 is 5.63 Å². The predicted octanol–water partition coefficient (Wildman–Crippen LogP) is 5.70. The van der Waals surface area contributed by atoms with Gasteiger partial charge in [0.05, 0.1) is 32.1 Å². The number of fused-ring (bicyclic) bond motifs is 1. The summed E-state index contributed by atoms with van der Waals surface area (Å²) < 4.78 is 21.5. The van der Waals surface area contributed by atoms with Crippen molar-refractivity contribution in [2.75, 3.05) is 20.3 Å². The van der Waals surface area contributed by atoms with Crippen molar-refractivity contribution < 1.29 is 23.4 Å². The first-order chi connectivity index (χ1) is 16.6. The molecule has 7 nitrogen and oxygen atoms in total. The normalized spacial score (nSPS) is 10.7. The van der Waals surface area contributed by atoms with Gasteiger partial charge < -0.3 is 18.6 Å². The molecule has 0 aliphatic carbocycles. The summed E-state index contributed by atoms with van der Waals surface area (Å²) in [4.78, 5) is 27.6. The highest BCUT2D eigenvalue weighted by atomic mass is 16.5. The monoisotopic (exact) mass is 465 g/mol. The van der Waals surface area contributed by atoms with Crippen LogP contribution in [0.1, 0.15) is 44.9 Å². The van der Waals surface area contributed by atoms with Crippen molar-refractivity contribution in [1.29, 1.82) is 0 Å². The number of pyridine rings is 1. The summed E-state index contributed by atoms with van der Waals surface area (Å²) >= 11 is 0. The largest absolute Gasteiger partial charge is 0.497 e. The van der Waals surface area contributed by atoms with Crippen molar-refractivity contribution in [3.8, 4) is 22.8 Å². The van der Waals surface area contributed by atoms with Crippen LogP contribution >= 0.6 is 0 Å². The van der Waals surface area contributed by atoms with Crippen molar-refractivity contribution in [3.63, 3.8) is 0 Å². The quantitative estimate of drug-likeness (QED) is 0.171. The maximum absolute atomic E-state index is 12.4. The van der Waals surface area contributed by atoms with Crippen molar-refractivity contribution in [3.05, 3.63) is 65.7 Å². The standard InChI is InChI=1S/C27H31NO6/c1-3-26(29)33-15-10-8-6-4-5-7-9-14-32-25-18-21-17-23(27(30)34-24(21)19-28-25)20-12-11-13-22(16-20)31-2/h3,11-13,16-19H,1,4-10,14-15H2,2H3. The Morgan fingerprint density at radius 2 is 1.76 bits per heavy atom. The molecular formula is C27H31NO6. The molecule has 34 heavy (non-hydrogen) atoms. The number of carbonyl (C=O) groups is 1. The number of esters is 1. The minimum Gasteiger partial charge on any atom is -0.497 e. The number of hydrogen-bond donors (Lipinski definition) is 0. The van der Waals surface area contributed by atoms with E-state index in [1.54, 1.807) is 25.3 Å². The van der Waals surface area contributed by atoms with Gasteiger partial charge in [-0.3, -0.25) is 0 Å². The third-order valence-corrected chi connectivity index (χ3v) is 5.43. The fraction of sp³-hybridized carbons (Fsp3) is 0.370. The van der Waals surface area contributed by atoms with Crippen molar-refractivity contribution in [2.24, 2.45) is 0 Å². The minimum absolute atomic E-state index is 0.359. The number of hydrogen-bond acceptors (Lipinski definition) is 7. The Bertz CT molecular complexity index is 1150. The fourth-order valence-electron chi connectivity index (χ4n) is 3.57. The lowest BCUT2D eigenvalue weighted by Gasteiger charge is -2.08. The summed E-state index contributed by atoms with van der Waals surface area (Å²) in [7, 11) is 1.59. The zero-order chi connectivity index (χ0) is 24.2. The molecule has 0 unspecified atom stereocenters. The molecule has 0 N–H and O–H groups in total. The number of rotatable bonds is 14. The van der Waals surface area contributed by atoms with Gasteiger partial charge in [0, 0.05) is 17.5 Å². The van der Waals surface area contributed by atoms with Gasteiger partial charge in [-0.2, -0.15) is 0 Å². The van der Waals surface area contributed by atoms with E-state index in [0.29, 0.717) is 36.0 Å². The molecule has 0 radical (unpaired) electrons. The number of unbranched alkanes of at least 4 members (excludes halogenated alkanes) is 6. The molecule has 1 aromatic carbocycles. The first kappa shape index (κ1) is 25.0. The molecule has 0 spiro atoms. The molecule has 0 atom stereocenters. The SMILES string of the molecule is C=CC(=O)OCCCCCCCCCOc1cc2cc(-c3cccc(OC)c3)c(=O)oc2cn1. The molecule has 3 rings (SSSR count). The van der Waals surface area contributed by atoms with Gasteiger partial charge >= 0.3 is 11.6 Å². The lowest BCUT2D eigenvalue weighted by atomic mass is 10.1. The molecule has 0 saturated carbocycles. The molecule has 0 saturated heterocycles. The van der Waals surface area contributed by atoms with Crippen molar-refractivity contribution in [1.82, 2.24) is 4.98 Å². The third kappa shape index (κ3) is 7.47. The summed E-state index contributed by atoms with van der Waals surface area (Å²) in [6, 6.07) is 10.9. The summed E-state index contributed by atoms with van der Waals surface area (Å²) in [5.41, 5.74) is 1.19. The fourth-order valence-corrected chi connectivity index (χ4v) is 3.57. The number of carbonyl (C=O) groups excluding carboxylic acids is 1. The van der Waals surface area contributed by atoms with Crippen LogP contribution in [0, 0.1) is 0 Å². The lowest BCUT2D eigenvalue weighted by Crippen LogP contribution is -2.04. The third-order valence-electron chi connectivity index (χ3n) is 5.43. The van der Waals surface area contributed by atoms with Crippen molar-refractivity contribution in [2.45, 2.75) is 44.9 Å². The highest BCUT2D eigenvalue weighted by molar-refractivity contribution is 5.82. The Labute approximate surface area is 199 Å². The Balaban J connectivity index is 1.43. The van der Waals surface area contributed by atoms with Crippen LogP contribution in [-0.2, 0) is 9.53 Å². The van der Waals surface area contributed by atoms with E-state index in [0.717, 1.165) is 55.9 Å². The van der Waals surface area contributed by atoms with E-state index in [2.05, 4.69) is 11.6 Å². The zero-order valence-corrected chi connectivity index (χ0v) is 19.6. The van der Waals surface area contributed by atoms with E-state index in [1.807, 2.05) is 18.2 Å². The van der Waals surface area contributed by atoms with E-state index in [9.17, 15) is 9.59 Å². The van der Waals surface area contributed by atoms with Crippen LogP contribution in [-0.4, -0.2) is 31.3 Å². The molecule has 0 amide bonds. The van der Waals surface area contributed by atoms with Gasteiger partial charge in [-0.05, 0) is 36.6 Å². The van der Waals surface area contributed by atoms with Gasteiger partial charge in [-0.1, -0.05) is 50.8 Å². The van der Waals surface area contributed by atoms with Crippen LogP contribution in [0.2, 0.25) is 0 Å². The number of benzene rings is 1. The minimum atomic E-state index is -0.422. The summed E-state index contributed by atoms with van der Waals surface area (Å²) in [5.74, 6) is 0.819. The Kier molecular flexibility index (Phi) is 9.70. The van der Waals surface area contributed by atoms with E-state index in [-0.39, 0.29) is 5.97 Å². The number of methoxy groups -OCH3 is 1. The highest BCUT2D eigenvalue weighted by Gasteiger charge is 2.10. The van der Waals surface area contributed by atoms with E-state index in [1.165, 1.54) is 12.3 Å². The van der Waals surface area contributed by atoms with Crippen LogP contribution < -0.4 is 15.1 Å². The molecule has 0 aliphatic heterocycles. The highest BCUT2D eigenvalue weighted by Crippen LogP contribution is 2.25. The molecule has 2 heterocycles. The van der Waals surface area contributed by atoms with Crippen LogP contribution in [0.4, 0.5) is 0 Å². The second-order valence-electron chi connectivity index (χ2n) is 7.93. The van der Waals surface area contributed by atoms with Gasteiger partial charge in [0.2, 0.25) is 5.88 Å². The predicted molar refractivity (Wildman–Crippen MR) is 131 cm³/mol. The second-order valence-corrected chi connectivity index (χ2v) is 7.93. The summed E-state index contributed by atoms with van der Waals surface area (Å²) in [5, 5.41) is 0.751. The Hall–Kier alpha value is -3.61. The molecular weight excluding hydrogens is 434 g/mol. The maximum Gasteiger partial charge on any atom is 0.344 e. The van der Waals surface area contributed by atoms with Gasteiger partial charge in [0.25, 0.3) is 0 Å². The number of ether oxygens (including phenoxy) is 3. The smallest absolute Gasteiger partial charge is 0.344 e. The number of aromatic nitrogens is 1. The summed E-state index contributed by atoms with van der Waals surface area (Å²) in [6.45, 7) is 4.41. The molecule has 0 bridgehead atoms. The van der Waals surface area contributed by atoms with Gasteiger partial charge in [0.15, 0.2) is 5.58 Å². The summed E-state index contributed by atoms with van der Waals surface area (Å²) in [6.07, 6.45) is 10.1. The van der Waals surface area contributed by atoms with Crippen molar-refractivity contribution >= 4 is 16.9 Å². The molecule has 3 aromatic rings. The molecule has 2 aromatic heterocycles. The van der Waals surface area contributed by atoms with Crippen LogP contribution in [0.25, 0.3) is 22.1 Å². The van der Waals surface area contributed by atoms with Gasteiger partial charge in [0.1, 0.15) is 5.75 Å². The molecule has 0 fully saturated rings. The van der Waals surface area contributed by atoms with E-state index >= 15 is 0 Å². The molecule has 0 aliphatic rings. The first-order valence-corrected chi connectivity index (χ1v) is 11.6. The Morgan fingerprint density at radius 3 is 2.50 bits per heavy atom. The van der Waals surface area contributed by atoms with E-state index in [4.69, 9.17) is 18.6 Å². The maximum atomic E-state index is 12.4. The zero-order valence-electron chi connectivity index (χ0n) is 19.6. The first-order valence-electron chi connectivity index (χ1n) is 11.6. The number of nitrogens with zero attached hydrogens (tertiary/aromatic N) is 1. The topological polar surface area (TPSA) is 87.9 Å². The second kappa shape index (κ2) is 13.2. The average Bonchev–Trinajstić information content (AvgIpc) is 2.86. The van der Waals surface area contributed by atoms with Gasteiger partial charge in [-0.25, -0.2) is 14.6 Å². The Morgan fingerprint density at radius 1 is 1.03 bits per heavy atom. The van der Waals surface area contributed by atoms with Crippen LogP contribution in [0.3, 0.4) is 0 Å². The van der Waals surface area contributed by atoms with Gasteiger partial charge in [-0.15, -0.1) is 0 Å². The lowest BCUT2D eigenvalue weighted by molar-refractivity contribution is -0.137. The van der Waals surface area contributed by atoms with Crippen LogP contribution in [0.5, 0.6) is 11.6 Å². The average molecular weight is 466 g/mol. The molecule has 180 valence electrons. The molecule has 7 heteroatoms. The van der Waals surface area contributed by atoms with Crippen LogP contribution in [0.15, 0.2) is 64.5 Å².